The molecule has 9 heavy (non-hydrogen) atoms. The zero-order valence-electron chi connectivity index (χ0n) is 6.15. The van der Waals surface area contributed by atoms with E-state index in [0.717, 1.165) is 6.54 Å². The monoisotopic (exact) mass is 123 g/mol. The predicted molar refractivity (Wildman–Crippen MR) is 41.0 cm³/mol. The van der Waals surface area contributed by atoms with Crippen molar-refractivity contribution in [2.24, 2.45) is 4.99 Å². The second-order valence-electron chi connectivity index (χ2n) is 2.53. The molecule has 1 heterocycles. The molecule has 1 aliphatic heterocycles. The van der Waals surface area contributed by atoms with Crippen LogP contribution >= 0.6 is 0 Å². The molecule has 0 amide bonds. The lowest BCUT2D eigenvalue weighted by atomic mass is 10.1. The smallest absolute Gasteiger partial charge is 0.0603 e. The van der Waals surface area contributed by atoms with E-state index in [1.807, 2.05) is 6.21 Å². The van der Waals surface area contributed by atoms with Gasteiger partial charge < -0.3 is 0 Å². The lowest BCUT2D eigenvalue weighted by Gasteiger charge is -1.95. The first-order chi connectivity index (χ1) is 4.34. The maximum atomic E-state index is 4.17. The van der Waals surface area contributed by atoms with Crippen LogP contribution in [0.15, 0.2) is 16.1 Å². The van der Waals surface area contributed by atoms with Crippen molar-refractivity contribution in [3.05, 3.63) is 11.1 Å². The Labute approximate surface area is 56.5 Å². The van der Waals surface area contributed by atoms with Gasteiger partial charge in [0, 0.05) is 6.21 Å². The fourth-order valence-electron chi connectivity index (χ4n) is 1.05. The highest BCUT2D eigenvalue weighted by molar-refractivity contribution is 5.82. The Kier molecular flexibility index (Phi) is 2.04. The summed E-state index contributed by atoms with van der Waals surface area (Å²) < 4.78 is 0. The van der Waals surface area contributed by atoms with Crippen molar-refractivity contribution in [3.8, 4) is 0 Å². The minimum absolute atomic E-state index is 0.940. The molecule has 1 heteroatoms. The Bertz CT molecular complexity index is 154. The quantitative estimate of drug-likeness (QED) is 0.533. The van der Waals surface area contributed by atoms with Crippen molar-refractivity contribution in [2.75, 3.05) is 6.54 Å². The molecule has 0 saturated carbocycles. The van der Waals surface area contributed by atoms with Crippen molar-refractivity contribution in [3.63, 3.8) is 0 Å². The molecule has 1 nitrogen and oxygen atoms in total. The van der Waals surface area contributed by atoms with Crippen molar-refractivity contribution in [1.29, 1.82) is 0 Å². The lowest BCUT2D eigenvalue weighted by Crippen LogP contribution is -1.83. The predicted octanol–water partition coefficient (Wildman–Crippen LogP) is 2.19. The van der Waals surface area contributed by atoms with E-state index in [9.17, 15) is 0 Å². The summed E-state index contributed by atoms with van der Waals surface area (Å²) in [6, 6.07) is 0. The van der Waals surface area contributed by atoms with Crippen molar-refractivity contribution in [2.45, 2.75) is 26.7 Å². The average Bonchev–Trinajstić information content (AvgIpc) is 2.18. The Hall–Kier alpha value is -0.590. The fourth-order valence-corrected chi connectivity index (χ4v) is 1.05. The first kappa shape index (κ1) is 6.53. The highest BCUT2D eigenvalue weighted by Gasteiger charge is 2.02. The number of nitrogens with zero attached hydrogens (tertiary/aromatic N) is 1. The molecule has 0 unspecified atom stereocenters. The highest BCUT2D eigenvalue weighted by Crippen LogP contribution is 2.13. The van der Waals surface area contributed by atoms with Crippen molar-refractivity contribution in [1.82, 2.24) is 0 Å². The topological polar surface area (TPSA) is 12.4 Å². The van der Waals surface area contributed by atoms with Crippen molar-refractivity contribution >= 4 is 6.21 Å². The van der Waals surface area contributed by atoms with Crippen LogP contribution in [0.3, 0.4) is 0 Å². The van der Waals surface area contributed by atoms with Gasteiger partial charge in [-0.3, -0.25) is 4.99 Å². The van der Waals surface area contributed by atoms with E-state index in [4.69, 9.17) is 0 Å². The van der Waals surface area contributed by atoms with Crippen LogP contribution in [-0.4, -0.2) is 12.8 Å². The third-order valence-electron chi connectivity index (χ3n) is 1.64. The number of hydrogen-bond acceptors (Lipinski definition) is 1. The molecular weight excluding hydrogens is 110 g/mol. The summed E-state index contributed by atoms with van der Waals surface area (Å²) in [6.45, 7) is 5.31. The molecule has 50 valence electrons. The Morgan fingerprint density at radius 1 is 1.67 bits per heavy atom. The van der Waals surface area contributed by atoms with Gasteiger partial charge >= 0.3 is 0 Å². The van der Waals surface area contributed by atoms with Crippen LogP contribution in [0.5, 0.6) is 0 Å². The van der Waals surface area contributed by atoms with Gasteiger partial charge in [0.05, 0.1) is 6.54 Å². The van der Waals surface area contributed by atoms with Gasteiger partial charge in [-0.25, -0.2) is 0 Å². The maximum Gasteiger partial charge on any atom is 0.0603 e. The van der Waals surface area contributed by atoms with Gasteiger partial charge in [0.1, 0.15) is 0 Å². The SMILES string of the molecule is CCCC1=C(C)CN=C1. The van der Waals surface area contributed by atoms with E-state index in [0.29, 0.717) is 0 Å². The first-order valence-corrected chi connectivity index (χ1v) is 3.53. The molecule has 0 N–H and O–H groups in total. The maximum absolute atomic E-state index is 4.17. The lowest BCUT2D eigenvalue weighted by molar-refractivity contribution is 0.930. The van der Waals surface area contributed by atoms with Gasteiger partial charge in [0.15, 0.2) is 0 Å². The van der Waals surface area contributed by atoms with E-state index in [2.05, 4.69) is 18.8 Å². The summed E-state index contributed by atoms with van der Waals surface area (Å²) in [4.78, 5) is 4.17. The van der Waals surface area contributed by atoms with Crippen LogP contribution in [0.4, 0.5) is 0 Å². The average molecular weight is 123 g/mol. The molecule has 0 radical (unpaired) electrons. The number of hydrogen-bond donors (Lipinski definition) is 0. The highest BCUT2D eigenvalue weighted by atomic mass is 14.7. The van der Waals surface area contributed by atoms with Crippen LogP contribution in [-0.2, 0) is 0 Å². The molecular formula is C8H13N. The second-order valence-corrected chi connectivity index (χ2v) is 2.53. The van der Waals surface area contributed by atoms with E-state index in [1.165, 1.54) is 24.0 Å². The second kappa shape index (κ2) is 2.81. The molecule has 1 aliphatic rings. The van der Waals surface area contributed by atoms with Gasteiger partial charge in [-0.15, -0.1) is 0 Å². The third-order valence-corrected chi connectivity index (χ3v) is 1.64. The molecule has 1 rings (SSSR count). The standard InChI is InChI=1S/C8H13N/c1-3-4-8-6-9-5-7(8)2/h6H,3-5H2,1-2H3. The van der Waals surface area contributed by atoms with Crippen molar-refractivity contribution < 1.29 is 0 Å². The van der Waals surface area contributed by atoms with Crippen LogP contribution in [0.25, 0.3) is 0 Å². The molecule has 0 spiro atoms. The van der Waals surface area contributed by atoms with Crippen LogP contribution in [0.2, 0.25) is 0 Å². The number of aliphatic imine (C=N–C) groups is 1. The summed E-state index contributed by atoms with van der Waals surface area (Å²) >= 11 is 0. The largest absolute Gasteiger partial charge is 0.288 e. The third kappa shape index (κ3) is 1.41. The zero-order valence-corrected chi connectivity index (χ0v) is 6.15. The molecule has 0 fully saturated rings. The molecule has 0 aromatic rings. The summed E-state index contributed by atoms with van der Waals surface area (Å²) in [5, 5.41) is 0. The van der Waals surface area contributed by atoms with E-state index >= 15 is 0 Å². The number of rotatable bonds is 2. The zero-order chi connectivity index (χ0) is 6.69. The van der Waals surface area contributed by atoms with Gasteiger partial charge in [-0.05, 0) is 24.5 Å². The molecule has 0 aromatic carbocycles. The fraction of sp³-hybridized carbons (Fsp3) is 0.625. The van der Waals surface area contributed by atoms with Gasteiger partial charge in [0.25, 0.3) is 0 Å². The minimum atomic E-state index is 0.940. The van der Waals surface area contributed by atoms with Crippen LogP contribution < -0.4 is 0 Å². The Morgan fingerprint density at radius 2 is 2.44 bits per heavy atom. The van der Waals surface area contributed by atoms with E-state index < -0.39 is 0 Å². The molecule has 0 atom stereocenters. The van der Waals surface area contributed by atoms with Gasteiger partial charge in [0.2, 0.25) is 0 Å². The summed E-state index contributed by atoms with van der Waals surface area (Å²) in [5.74, 6) is 0. The Morgan fingerprint density at radius 3 is 2.89 bits per heavy atom. The summed E-state index contributed by atoms with van der Waals surface area (Å²) in [6.07, 6.45) is 4.45. The van der Waals surface area contributed by atoms with Gasteiger partial charge in [-0.2, -0.15) is 0 Å². The number of allylic oxidation sites excluding steroid dienone is 1. The Balaban J connectivity index is 2.54. The van der Waals surface area contributed by atoms with E-state index in [1.54, 1.807) is 0 Å². The summed E-state index contributed by atoms with van der Waals surface area (Å²) in [5.41, 5.74) is 2.91. The summed E-state index contributed by atoms with van der Waals surface area (Å²) in [7, 11) is 0. The first-order valence-electron chi connectivity index (χ1n) is 3.53. The molecule has 0 aliphatic carbocycles. The van der Waals surface area contributed by atoms with Gasteiger partial charge in [-0.1, -0.05) is 13.3 Å². The molecule has 0 saturated heterocycles. The normalized spacial score (nSPS) is 17.6. The van der Waals surface area contributed by atoms with Crippen LogP contribution in [0, 0.1) is 0 Å². The van der Waals surface area contributed by atoms with E-state index in [-0.39, 0.29) is 0 Å². The van der Waals surface area contributed by atoms with Crippen LogP contribution in [0.1, 0.15) is 26.7 Å². The minimum Gasteiger partial charge on any atom is -0.288 e. The molecule has 0 bridgehead atoms. The molecule has 0 aromatic heterocycles.